The van der Waals surface area contributed by atoms with Crippen molar-refractivity contribution >= 4 is 17.8 Å². The number of amides is 1. The van der Waals surface area contributed by atoms with Crippen LogP contribution in [-0.4, -0.2) is 78.3 Å². The van der Waals surface area contributed by atoms with Gasteiger partial charge in [0.2, 0.25) is 0 Å². The average molecular weight is 459 g/mol. The summed E-state index contributed by atoms with van der Waals surface area (Å²) in [4.78, 5) is 35.4. The fourth-order valence-corrected chi connectivity index (χ4v) is 3.47. The number of carbonyl (C=O) groups excluding carboxylic acids is 1. The minimum Gasteiger partial charge on any atom is -0.493 e. The van der Waals surface area contributed by atoms with Gasteiger partial charge in [-0.3, -0.25) is 9.69 Å². The highest BCUT2D eigenvalue weighted by Gasteiger charge is 2.25. The van der Waals surface area contributed by atoms with Gasteiger partial charge in [0.25, 0.3) is 5.91 Å². The number of hydrogen-bond donors (Lipinski definition) is 2. The van der Waals surface area contributed by atoms with Crippen LogP contribution in [0.3, 0.4) is 0 Å². The second-order valence-electron chi connectivity index (χ2n) is 7.39. The molecule has 9 nitrogen and oxygen atoms in total. The van der Waals surface area contributed by atoms with E-state index in [1.54, 1.807) is 26.4 Å². The van der Waals surface area contributed by atoms with E-state index in [1.165, 1.54) is 11.1 Å². The predicted octanol–water partition coefficient (Wildman–Crippen LogP) is 2.38. The summed E-state index contributed by atoms with van der Waals surface area (Å²) in [7, 11) is 3.15. The molecule has 1 aliphatic heterocycles. The molecule has 0 aromatic heterocycles. The Bertz CT molecular complexity index is 940. The van der Waals surface area contributed by atoms with E-state index in [9.17, 15) is 4.79 Å². The van der Waals surface area contributed by atoms with Crippen molar-refractivity contribution in [2.75, 3.05) is 40.4 Å². The molecule has 9 heteroatoms. The molecule has 0 radical (unpaired) electrons. The molecule has 1 amide bonds. The molecule has 2 aromatic carbocycles. The number of aryl methyl sites for hydroxylation is 1. The molecule has 0 spiro atoms. The fraction of sp³-hybridized carbons (Fsp3) is 0.375. The SMILES string of the molecule is CCc1ccc(CN2CCN(C(=O)c3cccc(OC)c3OC)CC2)cc1.O=C(O)C(=O)O. The van der Waals surface area contributed by atoms with Crippen LogP contribution in [0.5, 0.6) is 11.5 Å². The highest BCUT2D eigenvalue weighted by molar-refractivity contribution is 6.27. The number of aliphatic carboxylic acids is 2. The first-order valence-corrected chi connectivity index (χ1v) is 10.6. The van der Waals surface area contributed by atoms with Crippen LogP contribution in [0.1, 0.15) is 28.4 Å². The molecule has 3 rings (SSSR count). The molecule has 1 heterocycles. The van der Waals surface area contributed by atoms with Crippen molar-refractivity contribution in [1.82, 2.24) is 9.80 Å². The van der Waals surface area contributed by atoms with Crippen LogP contribution in [0.15, 0.2) is 42.5 Å². The largest absolute Gasteiger partial charge is 0.493 e. The van der Waals surface area contributed by atoms with Crippen molar-refractivity contribution in [1.29, 1.82) is 0 Å². The van der Waals surface area contributed by atoms with E-state index in [0.29, 0.717) is 30.2 Å². The molecule has 0 aliphatic carbocycles. The Morgan fingerprint density at radius 1 is 0.848 bits per heavy atom. The van der Waals surface area contributed by atoms with E-state index in [1.807, 2.05) is 11.0 Å². The molecule has 2 N–H and O–H groups in total. The number of carboxylic acids is 2. The Balaban J connectivity index is 0.000000569. The molecule has 0 bridgehead atoms. The van der Waals surface area contributed by atoms with Gasteiger partial charge in [-0.05, 0) is 29.7 Å². The van der Waals surface area contributed by atoms with Gasteiger partial charge in [-0.15, -0.1) is 0 Å². The van der Waals surface area contributed by atoms with E-state index in [4.69, 9.17) is 29.3 Å². The van der Waals surface area contributed by atoms with Gasteiger partial charge in [-0.25, -0.2) is 9.59 Å². The van der Waals surface area contributed by atoms with Crippen LogP contribution in [-0.2, 0) is 22.6 Å². The van der Waals surface area contributed by atoms with Crippen molar-refractivity contribution in [3.8, 4) is 11.5 Å². The van der Waals surface area contributed by atoms with Crippen molar-refractivity contribution in [3.05, 3.63) is 59.2 Å². The van der Waals surface area contributed by atoms with Crippen LogP contribution in [0.2, 0.25) is 0 Å². The smallest absolute Gasteiger partial charge is 0.414 e. The Morgan fingerprint density at radius 2 is 1.42 bits per heavy atom. The third kappa shape index (κ3) is 7.21. The molecule has 33 heavy (non-hydrogen) atoms. The molecule has 0 atom stereocenters. The molecule has 0 unspecified atom stereocenters. The standard InChI is InChI=1S/C22H28N2O3.C2H2O4/c1-4-17-8-10-18(11-9-17)16-23-12-14-24(15-13-23)22(25)19-6-5-7-20(26-2)21(19)27-3;3-1(4)2(5)6/h5-11H,4,12-16H2,1-3H3;(H,3,4)(H,5,6). The summed E-state index contributed by atoms with van der Waals surface area (Å²) < 4.78 is 10.7. The first-order valence-electron chi connectivity index (χ1n) is 10.6. The minimum absolute atomic E-state index is 0.00213. The summed E-state index contributed by atoms with van der Waals surface area (Å²) in [5.74, 6) is -2.57. The summed E-state index contributed by atoms with van der Waals surface area (Å²) in [6.45, 7) is 6.26. The summed E-state index contributed by atoms with van der Waals surface area (Å²) in [5.41, 5.74) is 3.24. The molecular formula is C24H30N2O7. The van der Waals surface area contributed by atoms with Gasteiger partial charge in [-0.2, -0.15) is 0 Å². The van der Waals surface area contributed by atoms with E-state index >= 15 is 0 Å². The maximum atomic E-state index is 13.0. The van der Waals surface area contributed by atoms with Crippen molar-refractivity contribution in [2.24, 2.45) is 0 Å². The molecule has 0 saturated carbocycles. The summed E-state index contributed by atoms with van der Waals surface area (Å²) >= 11 is 0. The van der Waals surface area contributed by atoms with Gasteiger partial charge in [0.15, 0.2) is 11.5 Å². The van der Waals surface area contributed by atoms with Crippen molar-refractivity contribution in [2.45, 2.75) is 19.9 Å². The number of benzene rings is 2. The first kappa shape index (κ1) is 25.7. The maximum Gasteiger partial charge on any atom is 0.414 e. The second kappa shape index (κ2) is 12.4. The van der Waals surface area contributed by atoms with Gasteiger partial charge in [-0.1, -0.05) is 37.3 Å². The number of piperazine rings is 1. The number of methoxy groups -OCH3 is 2. The Hall–Kier alpha value is -3.59. The Morgan fingerprint density at radius 3 is 1.91 bits per heavy atom. The molecule has 2 aromatic rings. The number of carboxylic acid groups (broad SMARTS) is 2. The molecular weight excluding hydrogens is 428 g/mol. The third-order valence-electron chi connectivity index (χ3n) is 5.31. The van der Waals surface area contributed by atoms with Gasteiger partial charge in [0, 0.05) is 32.7 Å². The zero-order valence-corrected chi connectivity index (χ0v) is 19.1. The van der Waals surface area contributed by atoms with Crippen LogP contribution >= 0.6 is 0 Å². The minimum atomic E-state index is -1.82. The zero-order valence-electron chi connectivity index (χ0n) is 19.1. The third-order valence-corrected chi connectivity index (χ3v) is 5.31. The predicted molar refractivity (Wildman–Crippen MR) is 122 cm³/mol. The lowest BCUT2D eigenvalue weighted by atomic mass is 10.1. The number of rotatable bonds is 6. The molecule has 178 valence electrons. The maximum absolute atomic E-state index is 13.0. The van der Waals surface area contributed by atoms with Crippen LogP contribution in [0.4, 0.5) is 0 Å². The fourth-order valence-electron chi connectivity index (χ4n) is 3.47. The highest BCUT2D eigenvalue weighted by Crippen LogP contribution is 2.31. The zero-order chi connectivity index (χ0) is 24.4. The Kier molecular flexibility index (Phi) is 9.68. The van der Waals surface area contributed by atoms with Gasteiger partial charge >= 0.3 is 11.9 Å². The average Bonchev–Trinajstić information content (AvgIpc) is 2.84. The quantitative estimate of drug-likeness (QED) is 0.634. The van der Waals surface area contributed by atoms with Crippen LogP contribution in [0.25, 0.3) is 0 Å². The summed E-state index contributed by atoms with van der Waals surface area (Å²) in [6.07, 6.45) is 1.06. The highest BCUT2D eigenvalue weighted by atomic mass is 16.5. The van der Waals surface area contributed by atoms with E-state index in [0.717, 1.165) is 26.1 Å². The van der Waals surface area contributed by atoms with Crippen molar-refractivity contribution in [3.63, 3.8) is 0 Å². The van der Waals surface area contributed by atoms with Crippen molar-refractivity contribution < 1.29 is 34.1 Å². The molecule has 1 saturated heterocycles. The topological polar surface area (TPSA) is 117 Å². The number of ether oxygens (including phenoxy) is 2. The lowest BCUT2D eigenvalue weighted by Crippen LogP contribution is -2.48. The van der Waals surface area contributed by atoms with Gasteiger partial charge in [0.1, 0.15) is 0 Å². The molecule has 1 fully saturated rings. The van der Waals surface area contributed by atoms with Gasteiger partial charge in [0.05, 0.1) is 19.8 Å². The number of hydrogen-bond acceptors (Lipinski definition) is 6. The number of nitrogens with zero attached hydrogens (tertiary/aromatic N) is 2. The summed E-state index contributed by atoms with van der Waals surface area (Å²) in [6, 6.07) is 14.2. The normalized spacial score (nSPS) is 13.5. The van der Waals surface area contributed by atoms with Crippen LogP contribution in [0, 0.1) is 0 Å². The van der Waals surface area contributed by atoms with E-state index < -0.39 is 11.9 Å². The summed E-state index contributed by atoms with van der Waals surface area (Å²) in [5, 5.41) is 14.8. The molecule has 1 aliphatic rings. The number of para-hydroxylation sites is 1. The lowest BCUT2D eigenvalue weighted by molar-refractivity contribution is -0.159. The first-order chi connectivity index (χ1) is 15.8. The van der Waals surface area contributed by atoms with Gasteiger partial charge < -0.3 is 24.6 Å². The van der Waals surface area contributed by atoms with E-state index in [-0.39, 0.29) is 5.91 Å². The Labute approximate surface area is 193 Å². The number of carbonyl (C=O) groups is 3. The monoisotopic (exact) mass is 458 g/mol. The lowest BCUT2D eigenvalue weighted by Gasteiger charge is -2.35. The second-order valence-corrected chi connectivity index (χ2v) is 7.39. The van der Waals surface area contributed by atoms with Crippen LogP contribution < -0.4 is 9.47 Å². The van der Waals surface area contributed by atoms with E-state index in [2.05, 4.69) is 36.1 Å².